The fraction of sp³-hybridized carbons (Fsp3) is 0.400. The number of aromatic nitrogens is 1. The van der Waals surface area contributed by atoms with Crippen LogP contribution < -0.4 is 64.5 Å². The van der Waals surface area contributed by atoms with Crippen LogP contribution in [0.4, 0.5) is 5.69 Å². The number of rotatable bonds is 5. The van der Waals surface area contributed by atoms with Crippen LogP contribution in [0.15, 0.2) is 40.8 Å². The maximum atomic E-state index is 6.19. The predicted molar refractivity (Wildman–Crippen MR) is 101 cm³/mol. The van der Waals surface area contributed by atoms with Crippen molar-refractivity contribution in [1.29, 1.82) is 0 Å². The second kappa shape index (κ2) is 15.2. The summed E-state index contributed by atoms with van der Waals surface area (Å²) in [7, 11) is 0. The Morgan fingerprint density at radius 1 is 0.862 bits per heavy atom. The fourth-order valence-electron chi connectivity index (χ4n) is 3.17. The monoisotopic (exact) mass is 520 g/mol. The maximum Gasteiger partial charge on any atom is 3.00 e. The molecule has 1 aliphatic heterocycles. The van der Waals surface area contributed by atoms with Crippen molar-refractivity contribution in [3.8, 4) is 11.5 Å². The molecular weight excluding hydrogens is 496 g/mol. The van der Waals surface area contributed by atoms with Crippen molar-refractivity contribution in [2.45, 2.75) is 27.7 Å². The summed E-state index contributed by atoms with van der Waals surface area (Å²) in [5.41, 5.74) is 3.81. The molecule has 1 aliphatic carbocycles. The minimum Gasteiger partial charge on any atom is -1.00 e. The maximum absolute atomic E-state index is 6.19. The van der Waals surface area contributed by atoms with Crippen molar-refractivity contribution < 1.29 is 71.1 Å². The summed E-state index contributed by atoms with van der Waals surface area (Å²) < 4.78 is 8.50. The van der Waals surface area contributed by atoms with E-state index >= 15 is 0 Å². The number of hydrogen-bond donors (Lipinski definition) is 0. The molecule has 1 radical (unpaired) electrons. The zero-order valence-corrected chi connectivity index (χ0v) is 21.0. The number of benzene rings is 2. The van der Waals surface area contributed by atoms with Gasteiger partial charge in [0.05, 0.1) is 6.07 Å². The number of anilines is 1. The molecule has 4 nitrogen and oxygen atoms in total. The molecule has 3 rings (SSSR count). The Bertz CT molecular complexity index is 894. The van der Waals surface area contributed by atoms with Crippen LogP contribution in [0.3, 0.4) is 0 Å². The Morgan fingerprint density at radius 2 is 1.48 bits per heavy atom. The van der Waals surface area contributed by atoms with E-state index in [-0.39, 0.29) is 66.7 Å². The second-order valence-electron chi connectivity index (χ2n) is 5.86. The van der Waals surface area contributed by atoms with Crippen molar-refractivity contribution >= 4 is 16.8 Å². The summed E-state index contributed by atoms with van der Waals surface area (Å²) in [4.78, 5) is 7.06. The molecule has 0 unspecified atom stereocenters. The van der Waals surface area contributed by atoms with Crippen LogP contribution in [0, 0.1) is 0 Å². The van der Waals surface area contributed by atoms with Gasteiger partial charge in [0.1, 0.15) is 24.3 Å². The first kappa shape index (κ1) is 33.0. The zero-order chi connectivity index (χ0) is 17.1. The summed E-state index contributed by atoms with van der Waals surface area (Å²) in [6, 6.07) is 12.5. The molecule has 1 aromatic carbocycles. The SMILES string of the molecule is CCN(CC)c1ccc2nc3ccc(=[N+](CC)CC)cc-3oc2c1.[Cl-].[Cl-].[Cl-].[Cl-].[Fe+3]. The molecule has 0 bridgehead atoms. The van der Waals surface area contributed by atoms with Crippen molar-refractivity contribution in [3.63, 3.8) is 0 Å². The minimum absolute atomic E-state index is 0. The molecule has 29 heavy (non-hydrogen) atoms. The number of halogens is 4. The topological polar surface area (TPSA) is 32.3 Å². The van der Waals surface area contributed by atoms with E-state index in [1.165, 1.54) is 11.0 Å². The van der Waals surface area contributed by atoms with E-state index in [1.807, 2.05) is 12.1 Å². The quantitative estimate of drug-likeness (QED) is 0.190. The largest absolute Gasteiger partial charge is 3.00 e. The van der Waals surface area contributed by atoms with E-state index in [2.05, 4.69) is 61.4 Å². The van der Waals surface area contributed by atoms with Gasteiger partial charge in [-0.25, -0.2) is 9.56 Å². The van der Waals surface area contributed by atoms with E-state index in [4.69, 9.17) is 9.40 Å². The van der Waals surface area contributed by atoms with Gasteiger partial charge in [0.25, 0.3) is 0 Å². The first-order valence-electron chi connectivity index (χ1n) is 8.87. The summed E-state index contributed by atoms with van der Waals surface area (Å²) in [6.45, 7) is 12.6. The molecule has 163 valence electrons. The molecule has 9 heteroatoms. The van der Waals surface area contributed by atoms with Gasteiger partial charge in [-0.2, -0.15) is 0 Å². The molecule has 0 spiro atoms. The number of fused-ring (bicyclic) bond motifs is 2. The van der Waals surface area contributed by atoms with Gasteiger partial charge in [-0.15, -0.1) is 0 Å². The number of hydrogen-bond acceptors (Lipinski definition) is 3. The first-order valence-corrected chi connectivity index (χ1v) is 8.87. The van der Waals surface area contributed by atoms with Crippen LogP contribution in [-0.2, 0) is 17.1 Å². The third-order valence-electron chi connectivity index (χ3n) is 4.60. The molecule has 0 atom stereocenters. The van der Waals surface area contributed by atoms with Crippen molar-refractivity contribution in [2.75, 3.05) is 31.1 Å². The van der Waals surface area contributed by atoms with Crippen LogP contribution in [0.1, 0.15) is 27.7 Å². The average Bonchev–Trinajstić information content (AvgIpc) is 2.62. The smallest absolute Gasteiger partial charge is 1.00 e. The molecule has 0 N–H and O–H groups in total. The van der Waals surface area contributed by atoms with E-state index in [0.29, 0.717) is 0 Å². The van der Waals surface area contributed by atoms with E-state index in [0.717, 1.165) is 48.7 Å². The van der Waals surface area contributed by atoms with Gasteiger partial charge in [-0.05, 0) is 45.9 Å². The summed E-state index contributed by atoms with van der Waals surface area (Å²) in [6.07, 6.45) is 0. The molecule has 0 fully saturated rings. The second-order valence-corrected chi connectivity index (χ2v) is 5.86. The molecule has 1 aromatic rings. The standard InChI is InChI=1S/C20H26N3O.4ClH.Fe/c1-5-22(6-2)15-9-11-17-19(13-15)24-20-14-16(23(7-3)8-4)10-12-18(20)21-17;;;;;/h9-14H,5-8H2,1-4H3;4*1H;/q+1;;;;;+3/p-4. The Kier molecular flexibility index (Phi) is 17.2. The van der Waals surface area contributed by atoms with E-state index < -0.39 is 0 Å². The molecule has 1 heterocycles. The average molecular weight is 522 g/mol. The molecule has 0 amide bonds. The molecule has 2 aliphatic rings. The molecular formula is C20H26Cl4FeN3O. The van der Waals surface area contributed by atoms with Crippen LogP contribution in [0.2, 0.25) is 0 Å². The van der Waals surface area contributed by atoms with Gasteiger partial charge in [-0.3, -0.25) is 0 Å². The minimum atomic E-state index is 0. The Morgan fingerprint density at radius 3 is 2.03 bits per heavy atom. The Balaban J connectivity index is -0.00000135. The fourth-order valence-corrected chi connectivity index (χ4v) is 3.17. The van der Waals surface area contributed by atoms with Crippen molar-refractivity contribution in [1.82, 2.24) is 9.56 Å². The first-order chi connectivity index (χ1) is 11.7. The molecule has 0 aromatic heterocycles. The van der Waals surface area contributed by atoms with Gasteiger partial charge >= 0.3 is 17.1 Å². The summed E-state index contributed by atoms with van der Waals surface area (Å²) >= 11 is 0. The van der Waals surface area contributed by atoms with Gasteiger partial charge in [0, 0.05) is 30.9 Å². The Hall–Kier alpha value is -0.681. The Labute approximate surface area is 208 Å². The van der Waals surface area contributed by atoms with E-state index in [1.54, 1.807) is 0 Å². The normalized spacial score (nSPS) is 9.24. The molecule has 0 saturated carbocycles. The summed E-state index contributed by atoms with van der Waals surface area (Å²) in [5, 5.41) is 1.18. The number of nitrogens with zero attached hydrogens (tertiary/aromatic N) is 3. The van der Waals surface area contributed by atoms with Crippen molar-refractivity contribution in [2.24, 2.45) is 0 Å². The van der Waals surface area contributed by atoms with Crippen LogP contribution in [-0.4, -0.2) is 31.2 Å². The van der Waals surface area contributed by atoms with Gasteiger partial charge in [0.2, 0.25) is 5.36 Å². The van der Waals surface area contributed by atoms with Crippen LogP contribution in [0.25, 0.3) is 22.6 Å². The van der Waals surface area contributed by atoms with Crippen molar-refractivity contribution in [3.05, 3.63) is 41.8 Å². The predicted octanol–water partition coefficient (Wildman–Crippen LogP) is -8.40. The van der Waals surface area contributed by atoms with Crippen LogP contribution >= 0.6 is 0 Å². The molecule has 0 saturated heterocycles. The summed E-state index contributed by atoms with van der Waals surface area (Å²) in [5.74, 6) is 0.837. The van der Waals surface area contributed by atoms with Gasteiger partial charge in [0.15, 0.2) is 11.3 Å². The zero-order valence-electron chi connectivity index (χ0n) is 16.9. The van der Waals surface area contributed by atoms with Gasteiger partial charge < -0.3 is 58.9 Å². The van der Waals surface area contributed by atoms with Gasteiger partial charge in [-0.1, -0.05) is 0 Å². The van der Waals surface area contributed by atoms with E-state index in [9.17, 15) is 0 Å². The third kappa shape index (κ3) is 7.20. The third-order valence-corrected chi connectivity index (χ3v) is 4.60. The van der Waals surface area contributed by atoms with Crippen LogP contribution in [0.5, 0.6) is 0 Å².